The van der Waals surface area contributed by atoms with Gasteiger partial charge in [0.15, 0.2) is 0 Å². The zero-order valence-electron chi connectivity index (χ0n) is 10.7. The molecule has 1 saturated heterocycles. The Kier molecular flexibility index (Phi) is 3.71. The van der Waals surface area contributed by atoms with E-state index < -0.39 is 0 Å². The molecule has 0 radical (unpaired) electrons. The quantitative estimate of drug-likeness (QED) is 0.779. The van der Waals surface area contributed by atoms with Crippen LogP contribution in [0, 0.1) is 5.92 Å². The highest BCUT2D eigenvalue weighted by molar-refractivity contribution is 6.17. The molecule has 0 unspecified atom stereocenters. The Bertz CT molecular complexity index is 398. The van der Waals surface area contributed by atoms with Crippen LogP contribution in [0.5, 0.6) is 0 Å². The van der Waals surface area contributed by atoms with E-state index in [-0.39, 0.29) is 0 Å². The highest BCUT2D eigenvalue weighted by atomic mass is 35.5. The highest BCUT2D eigenvalue weighted by Crippen LogP contribution is 2.30. The third-order valence-corrected chi connectivity index (χ3v) is 4.24. The van der Waals surface area contributed by atoms with E-state index >= 15 is 0 Å². The molecule has 3 rings (SSSR count). The van der Waals surface area contributed by atoms with Crippen molar-refractivity contribution in [2.75, 3.05) is 37.6 Å². The van der Waals surface area contributed by atoms with E-state index in [0.29, 0.717) is 5.88 Å². The lowest BCUT2D eigenvalue weighted by atomic mass is 10.2. The van der Waals surface area contributed by atoms with Gasteiger partial charge in [-0.15, -0.1) is 11.6 Å². The zero-order chi connectivity index (χ0) is 12.4. The molecular weight excluding hydrogens is 246 g/mol. The molecule has 4 heteroatoms. The number of halogens is 1. The van der Waals surface area contributed by atoms with Crippen LogP contribution in [-0.2, 0) is 5.88 Å². The summed E-state index contributed by atoms with van der Waals surface area (Å²) in [5, 5.41) is 0. The van der Waals surface area contributed by atoms with Crippen LogP contribution in [0.3, 0.4) is 0 Å². The number of piperazine rings is 1. The lowest BCUT2D eigenvalue weighted by Crippen LogP contribution is -2.47. The Hall–Kier alpha value is -0.800. The molecule has 0 N–H and O–H groups in total. The predicted molar refractivity (Wildman–Crippen MR) is 75.2 cm³/mol. The molecule has 0 amide bonds. The SMILES string of the molecule is ClCc1cnccc1N1CCN(CC2CC2)CC1. The standard InChI is InChI=1S/C14H20ClN3/c15-9-13-10-16-4-3-14(13)18-7-5-17(6-8-18)11-12-1-2-12/h3-4,10,12H,1-2,5-9,11H2. The summed E-state index contributed by atoms with van der Waals surface area (Å²) in [7, 11) is 0. The van der Waals surface area contributed by atoms with Crippen LogP contribution in [0.25, 0.3) is 0 Å². The maximum atomic E-state index is 5.98. The molecule has 0 spiro atoms. The van der Waals surface area contributed by atoms with Crippen LogP contribution in [0.4, 0.5) is 5.69 Å². The van der Waals surface area contributed by atoms with Gasteiger partial charge in [-0.25, -0.2) is 0 Å². The van der Waals surface area contributed by atoms with Crippen molar-refractivity contribution >= 4 is 17.3 Å². The summed E-state index contributed by atoms with van der Waals surface area (Å²) in [6, 6.07) is 2.09. The molecule has 98 valence electrons. The van der Waals surface area contributed by atoms with E-state index in [0.717, 1.165) is 24.6 Å². The van der Waals surface area contributed by atoms with Crippen LogP contribution in [0.1, 0.15) is 18.4 Å². The van der Waals surface area contributed by atoms with Gasteiger partial charge in [0, 0.05) is 56.4 Å². The van der Waals surface area contributed by atoms with Gasteiger partial charge in [-0.3, -0.25) is 9.88 Å². The van der Waals surface area contributed by atoms with Crippen molar-refractivity contribution < 1.29 is 0 Å². The topological polar surface area (TPSA) is 19.4 Å². The normalized spacial score (nSPS) is 21.3. The first-order chi connectivity index (χ1) is 8.86. The van der Waals surface area contributed by atoms with Crippen molar-refractivity contribution in [1.29, 1.82) is 0 Å². The molecule has 1 aromatic heterocycles. The van der Waals surface area contributed by atoms with Crippen molar-refractivity contribution in [3.63, 3.8) is 0 Å². The molecule has 2 aliphatic rings. The molecule has 2 fully saturated rings. The molecule has 1 aliphatic heterocycles. The summed E-state index contributed by atoms with van der Waals surface area (Å²) in [5.41, 5.74) is 2.42. The van der Waals surface area contributed by atoms with Crippen LogP contribution in [0.2, 0.25) is 0 Å². The average molecular weight is 266 g/mol. The Morgan fingerprint density at radius 3 is 2.67 bits per heavy atom. The number of rotatable bonds is 4. The van der Waals surface area contributed by atoms with E-state index in [1.165, 1.54) is 38.2 Å². The maximum absolute atomic E-state index is 5.98. The third-order valence-electron chi connectivity index (χ3n) is 3.95. The minimum Gasteiger partial charge on any atom is -0.369 e. The first-order valence-electron chi connectivity index (χ1n) is 6.83. The van der Waals surface area contributed by atoms with Gasteiger partial charge in [0.2, 0.25) is 0 Å². The van der Waals surface area contributed by atoms with Gasteiger partial charge in [0.1, 0.15) is 0 Å². The number of hydrogen-bond acceptors (Lipinski definition) is 3. The van der Waals surface area contributed by atoms with Gasteiger partial charge in [0.25, 0.3) is 0 Å². The Morgan fingerprint density at radius 2 is 2.00 bits per heavy atom. The molecular formula is C14H20ClN3. The summed E-state index contributed by atoms with van der Waals surface area (Å²) in [5.74, 6) is 1.54. The fourth-order valence-corrected chi connectivity index (χ4v) is 2.87. The van der Waals surface area contributed by atoms with Crippen LogP contribution >= 0.6 is 11.6 Å². The number of nitrogens with zero attached hydrogens (tertiary/aromatic N) is 3. The third kappa shape index (κ3) is 2.78. The van der Waals surface area contributed by atoms with Gasteiger partial charge in [-0.1, -0.05) is 0 Å². The molecule has 0 atom stereocenters. The Labute approximate surface area is 114 Å². The van der Waals surface area contributed by atoms with Crippen molar-refractivity contribution in [3.8, 4) is 0 Å². The van der Waals surface area contributed by atoms with E-state index in [4.69, 9.17) is 11.6 Å². The molecule has 18 heavy (non-hydrogen) atoms. The molecule has 3 nitrogen and oxygen atoms in total. The minimum absolute atomic E-state index is 0.547. The maximum Gasteiger partial charge on any atom is 0.0509 e. The number of anilines is 1. The Balaban J connectivity index is 1.60. The summed E-state index contributed by atoms with van der Waals surface area (Å²) >= 11 is 5.98. The lowest BCUT2D eigenvalue weighted by Gasteiger charge is -2.36. The average Bonchev–Trinajstić information content (AvgIpc) is 3.24. The molecule has 1 aliphatic carbocycles. The first kappa shape index (κ1) is 12.2. The second kappa shape index (κ2) is 5.45. The van der Waals surface area contributed by atoms with E-state index in [1.807, 2.05) is 12.4 Å². The summed E-state index contributed by atoms with van der Waals surface area (Å²) in [6.45, 7) is 5.90. The van der Waals surface area contributed by atoms with Gasteiger partial charge >= 0.3 is 0 Å². The Morgan fingerprint density at radius 1 is 1.22 bits per heavy atom. The van der Waals surface area contributed by atoms with Gasteiger partial charge in [-0.05, 0) is 24.8 Å². The molecule has 2 heterocycles. The lowest BCUT2D eigenvalue weighted by molar-refractivity contribution is 0.248. The fourth-order valence-electron chi connectivity index (χ4n) is 2.67. The largest absolute Gasteiger partial charge is 0.369 e. The minimum atomic E-state index is 0.547. The van der Waals surface area contributed by atoms with E-state index in [1.54, 1.807) is 0 Å². The molecule has 0 aromatic carbocycles. The fraction of sp³-hybridized carbons (Fsp3) is 0.643. The monoisotopic (exact) mass is 265 g/mol. The predicted octanol–water partition coefficient (Wildman–Crippen LogP) is 2.35. The number of alkyl halides is 1. The van der Waals surface area contributed by atoms with Crippen LogP contribution in [0.15, 0.2) is 18.5 Å². The van der Waals surface area contributed by atoms with E-state index in [9.17, 15) is 0 Å². The molecule has 1 aromatic rings. The molecule has 0 bridgehead atoms. The molecule has 1 saturated carbocycles. The summed E-state index contributed by atoms with van der Waals surface area (Å²) in [6.07, 6.45) is 6.64. The summed E-state index contributed by atoms with van der Waals surface area (Å²) < 4.78 is 0. The zero-order valence-corrected chi connectivity index (χ0v) is 11.4. The number of hydrogen-bond donors (Lipinski definition) is 0. The van der Waals surface area contributed by atoms with Crippen molar-refractivity contribution in [2.45, 2.75) is 18.7 Å². The smallest absolute Gasteiger partial charge is 0.0509 e. The number of pyridine rings is 1. The second-order valence-corrected chi connectivity index (χ2v) is 5.64. The van der Waals surface area contributed by atoms with Gasteiger partial charge < -0.3 is 4.90 Å². The van der Waals surface area contributed by atoms with Crippen LogP contribution < -0.4 is 4.90 Å². The van der Waals surface area contributed by atoms with Crippen LogP contribution in [-0.4, -0.2) is 42.6 Å². The summed E-state index contributed by atoms with van der Waals surface area (Å²) in [4.78, 5) is 9.21. The second-order valence-electron chi connectivity index (χ2n) is 5.37. The first-order valence-corrected chi connectivity index (χ1v) is 7.36. The van der Waals surface area contributed by atoms with Crippen molar-refractivity contribution in [2.24, 2.45) is 5.92 Å². The van der Waals surface area contributed by atoms with Gasteiger partial charge in [0.05, 0.1) is 5.88 Å². The number of aromatic nitrogens is 1. The van der Waals surface area contributed by atoms with Crippen molar-refractivity contribution in [3.05, 3.63) is 24.0 Å². The van der Waals surface area contributed by atoms with Crippen molar-refractivity contribution in [1.82, 2.24) is 9.88 Å². The van der Waals surface area contributed by atoms with E-state index in [2.05, 4.69) is 20.9 Å². The van der Waals surface area contributed by atoms with Gasteiger partial charge in [-0.2, -0.15) is 0 Å². The highest BCUT2D eigenvalue weighted by Gasteiger charge is 2.26.